The van der Waals surface area contributed by atoms with Crippen LogP contribution in [0, 0.1) is 19.8 Å². The Bertz CT molecular complexity index is 1450. The van der Waals surface area contributed by atoms with Crippen molar-refractivity contribution in [3.63, 3.8) is 0 Å². The Morgan fingerprint density at radius 2 is 2.03 bits per heavy atom. The first-order valence-electron chi connectivity index (χ1n) is 11.9. The van der Waals surface area contributed by atoms with Gasteiger partial charge in [0.1, 0.15) is 11.5 Å². The number of benzene rings is 1. The first kappa shape index (κ1) is 24.0. The van der Waals surface area contributed by atoms with Crippen molar-refractivity contribution in [3.05, 3.63) is 64.5 Å². The molecule has 1 aliphatic rings. The van der Waals surface area contributed by atoms with Crippen molar-refractivity contribution in [2.45, 2.75) is 59.3 Å². The van der Waals surface area contributed by atoms with Gasteiger partial charge in [-0.1, -0.05) is 25.1 Å². The van der Waals surface area contributed by atoms with Crippen LogP contribution in [-0.4, -0.2) is 41.2 Å². The first-order chi connectivity index (χ1) is 17.1. The second-order valence-electron chi connectivity index (χ2n) is 9.20. The van der Waals surface area contributed by atoms with Crippen LogP contribution in [0.4, 0.5) is 13.2 Å². The second kappa shape index (κ2) is 9.03. The molecule has 3 aromatic heterocycles. The highest BCUT2D eigenvalue weighted by molar-refractivity contribution is 5.94. The fourth-order valence-corrected chi connectivity index (χ4v) is 4.61. The molecule has 36 heavy (non-hydrogen) atoms. The zero-order chi connectivity index (χ0) is 25.6. The molecule has 0 aliphatic carbocycles. The van der Waals surface area contributed by atoms with Gasteiger partial charge in [-0.2, -0.15) is 18.3 Å². The molecule has 1 N–H and O–H groups in total. The number of halogens is 3. The standard InChI is InChI=1S/C25H26F3N7O/c1-4-19-21(34-13-14(2)11-30-24(34)31-19)23(36)29-12-16-5-6-18(15(3)9-16)22-32-20-10-17(25(26,27)28)7-8-35(20)33-22/h5-6,9,11,13,17H,4,7-8,10,12H2,1-3H3,(H,29,36). The quantitative estimate of drug-likeness (QED) is 0.446. The summed E-state index contributed by atoms with van der Waals surface area (Å²) < 4.78 is 42.7. The molecule has 0 saturated heterocycles. The number of nitrogens with one attached hydrogen (secondary N) is 1. The maximum atomic E-state index is 13.1. The maximum Gasteiger partial charge on any atom is 0.392 e. The van der Waals surface area contributed by atoms with Crippen LogP contribution in [0.5, 0.6) is 0 Å². The number of rotatable bonds is 5. The van der Waals surface area contributed by atoms with E-state index in [1.54, 1.807) is 15.3 Å². The molecule has 1 unspecified atom stereocenters. The summed E-state index contributed by atoms with van der Waals surface area (Å²) in [6, 6.07) is 5.63. The van der Waals surface area contributed by atoms with E-state index in [1.807, 2.05) is 45.2 Å². The van der Waals surface area contributed by atoms with Gasteiger partial charge in [-0.15, -0.1) is 0 Å². The molecule has 11 heteroatoms. The third-order valence-corrected chi connectivity index (χ3v) is 6.55. The van der Waals surface area contributed by atoms with Gasteiger partial charge in [0.2, 0.25) is 5.78 Å². The molecule has 1 aromatic carbocycles. The van der Waals surface area contributed by atoms with Gasteiger partial charge in [0.25, 0.3) is 5.91 Å². The van der Waals surface area contributed by atoms with Crippen LogP contribution in [-0.2, 0) is 25.9 Å². The molecule has 0 saturated carbocycles. The van der Waals surface area contributed by atoms with Crippen molar-refractivity contribution < 1.29 is 18.0 Å². The topological polar surface area (TPSA) is 90.0 Å². The molecule has 188 valence electrons. The zero-order valence-electron chi connectivity index (χ0n) is 20.2. The van der Waals surface area contributed by atoms with Crippen LogP contribution in [0.2, 0.25) is 0 Å². The highest BCUT2D eigenvalue weighted by atomic mass is 19.4. The number of aromatic nitrogens is 6. The Kier molecular flexibility index (Phi) is 6.01. The minimum Gasteiger partial charge on any atom is -0.347 e. The average Bonchev–Trinajstić information content (AvgIpc) is 3.42. The lowest BCUT2D eigenvalue weighted by atomic mass is 9.98. The molecule has 8 nitrogen and oxygen atoms in total. The summed E-state index contributed by atoms with van der Waals surface area (Å²) >= 11 is 0. The van der Waals surface area contributed by atoms with E-state index in [9.17, 15) is 18.0 Å². The molecule has 0 radical (unpaired) electrons. The van der Waals surface area contributed by atoms with Gasteiger partial charge in [0, 0.05) is 37.5 Å². The zero-order valence-corrected chi connectivity index (χ0v) is 20.2. The summed E-state index contributed by atoms with van der Waals surface area (Å²) in [6.07, 6.45) is -0.207. The molecule has 4 aromatic rings. The van der Waals surface area contributed by atoms with Crippen molar-refractivity contribution in [2.75, 3.05) is 0 Å². The van der Waals surface area contributed by atoms with Gasteiger partial charge in [-0.25, -0.2) is 19.6 Å². The fraction of sp³-hybridized carbons (Fsp3) is 0.400. The van der Waals surface area contributed by atoms with Crippen LogP contribution in [0.3, 0.4) is 0 Å². The Hall–Kier alpha value is -3.76. The minimum atomic E-state index is -4.23. The molecule has 1 amide bonds. The van der Waals surface area contributed by atoms with Gasteiger partial charge in [-0.3, -0.25) is 9.20 Å². The molecule has 1 atom stereocenters. The molecular weight excluding hydrogens is 471 g/mol. The summed E-state index contributed by atoms with van der Waals surface area (Å²) in [5.74, 6) is -0.355. The Labute approximate surface area is 205 Å². The van der Waals surface area contributed by atoms with Gasteiger partial charge in [-0.05, 0) is 43.4 Å². The number of carbonyl (C=O) groups is 1. The van der Waals surface area contributed by atoms with Gasteiger partial charge in [0.15, 0.2) is 5.82 Å². The molecular formula is C25H26F3N7O. The number of amides is 1. The van der Waals surface area contributed by atoms with Crippen LogP contribution in [0.15, 0.2) is 30.6 Å². The van der Waals surface area contributed by atoms with Crippen molar-refractivity contribution in [3.8, 4) is 11.4 Å². The second-order valence-corrected chi connectivity index (χ2v) is 9.20. The lowest BCUT2D eigenvalue weighted by molar-refractivity contribution is -0.179. The maximum absolute atomic E-state index is 13.1. The Balaban J connectivity index is 1.32. The third-order valence-electron chi connectivity index (χ3n) is 6.55. The van der Waals surface area contributed by atoms with E-state index in [4.69, 9.17) is 0 Å². The number of hydrogen-bond acceptors (Lipinski definition) is 5. The van der Waals surface area contributed by atoms with E-state index in [-0.39, 0.29) is 25.3 Å². The lowest BCUT2D eigenvalue weighted by Crippen LogP contribution is -2.31. The number of hydrogen-bond donors (Lipinski definition) is 1. The number of nitrogens with zero attached hydrogens (tertiary/aromatic N) is 6. The number of aryl methyl sites for hydroxylation is 4. The van der Waals surface area contributed by atoms with Crippen LogP contribution in [0.1, 0.15) is 52.0 Å². The summed E-state index contributed by atoms with van der Waals surface area (Å²) in [4.78, 5) is 26.2. The monoisotopic (exact) mass is 497 g/mol. The van der Waals surface area contributed by atoms with Gasteiger partial charge in [0.05, 0.1) is 11.6 Å². The largest absolute Gasteiger partial charge is 0.392 e. The van der Waals surface area contributed by atoms with Gasteiger partial charge >= 0.3 is 6.18 Å². The van der Waals surface area contributed by atoms with Crippen LogP contribution < -0.4 is 5.32 Å². The molecule has 5 rings (SSSR count). The minimum absolute atomic E-state index is 0.0127. The SMILES string of the molecule is CCc1nc2ncc(C)cn2c1C(=O)NCc1ccc(-c2nc3n(n2)CCC(C(F)(F)F)C3)c(C)c1. The lowest BCUT2D eigenvalue weighted by Gasteiger charge is -2.24. The van der Waals surface area contributed by atoms with E-state index < -0.39 is 12.1 Å². The highest BCUT2D eigenvalue weighted by Gasteiger charge is 2.42. The van der Waals surface area contributed by atoms with E-state index in [2.05, 4.69) is 25.4 Å². The Morgan fingerprint density at radius 1 is 1.22 bits per heavy atom. The number of fused-ring (bicyclic) bond motifs is 2. The number of imidazole rings is 1. The predicted molar refractivity (Wildman–Crippen MR) is 126 cm³/mol. The van der Waals surface area contributed by atoms with E-state index >= 15 is 0 Å². The fourth-order valence-electron chi connectivity index (χ4n) is 4.61. The molecule has 1 aliphatic heterocycles. The van der Waals surface area contributed by atoms with E-state index in [0.29, 0.717) is 41.8 Å². The van der Waals surface area contributed by atoms with E-state index in [1.165, 1.54) is 0 Å². The molecule has 0 spiro atoms. The van der Waals surface area contributed by atoms with Gasteiger partial charge < -0.3 is 5.32 Å². The first-order valence-corrected chi connectivity index (χ1v) is 11.9. The van der Waals surface area contributed by atoms with Crippen molar-refractivity contribution in [2.24, 2.45) is 5.92 Å². The molecule has 0 bridgehead atoms. The summed E-state index contributed by atoms with van der Waals surface area (Å²) in [6.45, 7) is 6.25. The average molecular weight is 498 g/mol. The van der Waals surface area contributed by atoms with Crippen molar-refractivity contribution >= 4 is 11.7 Å². The van der Waals surface area contributed by atoms with Crippen molar-refractivity contribution in [1.29, 1.82) is 0 Å². The third kappa shape index (κ3) is 4.45. The van der Waals surface area contributed by atoms with Crippen LogP contribution >= 0.6 is 0 Å². The predicted octanol–water partition coefficient (Wildman–Crippen LogP) is 4.22. The summed E-state index contributed by atoms with van der Waals surface area (Å²) in [5.41, 5.74) is 4.59. The number of alkyl halides is 3. The molecule has 0 fully saturated rings. The number of carbonyl (C=O) groups excluding carboxylic acids is 1. The normalized spacial score (nSPS) is 15.8. The van der Waals surface area contributed by atoms with E-state index in [0.717, 1.165) is 22.3 Å². The van der Waals surface area contributed by atoms with Crippen molar-refractivity contribution in [1.82, 2.24) is 34.4 Å². The summed E-state index contributed by atoms with van der Waals surface area (Å²) in [5, 5.41) is 7.41. The molecule has 4 heterocycles. The smallest absolute Gasteiger partial charge is 0.347 e. The van der Waals surface area contributed by atoms with Crippen LogP contribution in [0.25, 0.3) is 17.2 Å². The summed E-state index contributed by atoms with van der Waals surface area (Å²) in [7, 11) is 0. The highest BCUT2D eigenvalue weighted by Crippen LogP contribution is 2.35. The Morgan fingerprint density at radius 3 is 2.75 bits per heavy atom.